The van der Waals surface area contributed by atoms with Gasteiger partial charge >= 0.3 is 0 Å². The van der Waals surface area contributed by atoms with Crippen molar-refractivity contribution in [3.8, 4) is 10.4 Å². The summed E-state index contributed by atoms with van der Waals surface area (Å²) in [4.78, 5) is 22.1. The molecule has 1 amide bonds. The Morgan fingerprint density at radius 1 is 1.29 bits per heavy atom. The molecular formula is C15H13N3OS2. The molecule has 0 spiro atoms. The summed E-state index contributed by atoms with van der Waals surface area (Å²) in [5.74, 6) is 0.351. The third-order valence-corrected chi connectivity index (χ3v) is 5.07. The molecule has 0 fully saturated rings. The van der Waals surface area contributed by atoms with E-state index in [2.05, 4.69) is 33.5 Å². The standard InChI is InChI=1S/C15H13N3OS2/c1-16-13(19)8-20-14-11-7-12(10-5-3-2-4-6-10)21-15(11)18-9-17-14/h2-7,9H,8H2,1H3,(H,16,19). The quantitative estimate of drug-likeness (QED) is 0.593. The molecule has 0 atom stereocenters. The molecule has 0 saturated heterocycles. The number of amides is 1. The second kappa shape index (κ2) is 6.24. The lowest BCUT2D eigenvalue weighted by Gasteiger charge is -2.00. The zero-order valence-corrected chi connectivity index (χ0v) is 13.0. The molecule has 3 aromatic rings. The van der Waals surface area contributed by atoms with Gasteiger partial charge in [0.25, 0.3) is 0 Å². The number of aromatic nitrogens is 2. The number of nitrogens with zero attached hydrogens (tertiary/aromatic N) is 2. The molecule has 0 bridgehead atoms. The van der Waals surface area contributed by atoms with E-state index in [1.807, 2.05) is 18.2 Å². The van der Waals surface area contributed by atoms with Crippen molar-refractivity contribution in [1.82, 2.24) is 15.3 Å². The van der Waals surface area contributed by atoms with Gasteiger partial charge in [0.2, 0.25) is 5.91 Å². The molecule has 6 heteroatoms. The topological polar surface area (TPSA) is 54.9 Å². The number of carbonyl (C=O) groups excluding carboxylic acids is 1. The maximum absolute atomic E-state index is 11.4. The SMILES string of the molecule is CNC(=O)CSc1ncnc2sc(-c3ccccc3)cc12. The predicted octanol–water partition coefficient (Wildman–Crippen LogP) is 3.20. The summed E-state index contributed by atoms with van der Waals surface area (Å²) in [6.07, 6.45) is 1.56. The van der Waals surface area contributed by atoms with E-state index in [0.29, 0.717) is 5.75 Å². The smallest absolute Gasteiger partial charge is 0.230 e. The van der Waals surface area contributed by atoms with Crippen LogP contribution in [0, 0.1) is 0 Å². The Labute approximate surface area is 130 Å². The number of rotatable bonds is 4. The van der Waals surface area contributed by atoms with Gasteiger partial charge in [0.15, 0.2) is 0 Å². The van der Waals surface area contributed by atoms with E-state index < -0.39 is 0 Å². The van der Waals surface area contributed by atoms with Gasteiger partial charge in [-0.2, -0.15) is 0 Å². The number of hydrogen-bond acceptors (Lipinski definition) is 5. The number of nitrogens with one attached hydrogen (secondary N) is 1. The fourth-order valence-corrected chi connectivity index (χ4v) is 3.81. The van der Waals surface area contributed by atoms with E-state index in [4.69, 9.17) is 0 Å². The Bertz CT molecular complexity index is 771. The van der Waals surface area contributed by atoms with Crippen molar-refractivity contribution >= 4 is 39.2 Å². The van der Waals surface area contributed by atoms with E-state index in [0.717, 1.165) is 20.1 Å². The fraction of sp³-hybridized carbons (Fsp3) is 0.133. The van der Waals surface area contributed by atoms with Gasteiger partial charge in [0, 0.05) is 17.3 Å². The average Bonchev–Trinajstić information content (AvgIpc) is 2.98. The molecule has 0 aliphatic rings. The fourth-order valence-electron chi connectivity index (χ4n) is 1.90. The van der Waals surface area contributed by atoms with Crippen LogP contribution >= 0.6 is 23.1 Å². The van der Waals surface area contributed by atoms with Crippen LogP contribution in [0.2, 0.25) is 0 Å². The first-order chi connectivity index (χ1) is 10.3. The molecule has 1 aromatic carbocycles. The minimum absolute atomic E-state index is 0.00900. The number of benzene rings is 1. The van der Waals surface area contributed by atoms with Crippen LogP contribution < -0.4 is 5.32 Å². The molecule has 0 radical (unpaired) electrons. The van der Waals surface area contributed by atoms with Gasteiger partial charge in [0.05, 0.1) is 5.75 Å². The van der Waals surface area contributed by atoms with Crippen molar-refractivity contribution in [2.24, 2.45) is 0 Å². The monoisotopic (exact) mass is 315 g/mol. The lowest BCUT2D eigenvalue weighted by Crippen LogP contribution is -2.19. The van der Waals surface area contributed by atoms with Crippen LogP contribution in [0.5, 0.6) is 0 Å². The highest BCUT2D eigenvalue weighted by molar-refractivity contribution is 8.00. The third kappa shape index (κ3) is 3.06. The van der Waals surface area contributed by atoms with Crippen LogP contribution in [-0.2, 0) is 4.79 Å². The van der Waals surface area contributed by atoms with Gasteiger partial charge in [-0.15, -0.1) is 11.3 Å². The largest absolute Gasteiger partial charge is 0.358 e. The zero-order chi connectivity index (χ0) is 14.7. The van der Waals surface area contributed by atoms with Crippen molar-refractivity contribution in [2.75, 3.05) is 12.8 Å². The van der Waals surface area contributed by atoms with Gasteiger partial charge in [0.1, 0.15) is 16.2 Å². The van der Waals surface area contributed by atoms with Gasteiger partial charge in [-0.05, 0) is 11.6 Å². The van der Waals surface area contributed by atoms with E-state index >= 15 is 0 Å². The summed E-state index contributed by atoms with van der Waals surface area (Å²) in [5, 5.41) is 4.47. The molecule has 0 unspecified atom stereocenters. The molecule has 4 nitrogen and oxygen atoms in total. The highest BCUT2D eigenvalue weighted by atomic mass is 32.2. The molecular weight excluding hydrogens is 302 g/mol. The summed E-state index contributed by atoms with van der Waals surface area (Å²) >= 11 is 3.07. The molecule has 2 aromatic heterocycles. The van der Waals surface area contributed by atoms with Crippen LogP contribution in [0.1, 0.15) is 0 Å². The maximum atomic E-state index is 11.4. The molecule has 0 aliphatic carbocycles. The Hall–Kier alpha value is -1.92. The summed E-state index contributed by atoms with van der Waals surface area (Å²) in [6.45, 7) is 0. The van der Waals surface area contributed by atoms with Crippen molar-refractivity contribution in [2.45, 2.75) is 5.03 Å². The summed E-state index contributed by atoms with van der Waals surface area (Å²) in [6, 6.07) is 12.3. The van der Waals surface area contributed by atoms with E-state index in [1.54, 1.807) is 24.7 Å². The second-order valence-corrected chi connectivity index (χ2v) is 6.33. The first-order valence-corrected chi connectivity index (χ1v) is 8.21. The molecule has 3 rings (SSSR count). The summed E-state index contributed by atoms with van der Waals surface area (Å²) in [7, 11) is 1.64. The van der Waals surface area contributed by atoms with Gasteiger partial charge in [-0.3, -0.25) is 4.79 Å². The Morgan fingerprint density at radius 2 is 2.10 bits per heavy atom. The number of fused-ring (bicyclic) bond motifs is 1. The van der Waals surface area contributed by atoms with Gasteiger partial charge < -0.3 is 5.32 Å². The first kappa shape index (κ1) is 14.0. The maximum Gasteiger partial charge on any atom is 0.230 e. The highest BCUT2D eigenvalue weighted by Crippen LogP contribution is 2.35. The minimum atomic E-state index is -0.00900. The average molecular weight is 315 g/mol. The van der Waals surface area contributed by atoms with E-state index in [1.165, 1.54) is 17.3 Å². The third-order valence-electron chi connectivity index (χ3n) is 2.97. The number of thioether (sulfide) groups is 1. The molecule has 0 saturated carbocycles. The van der Waals surface area contributed by atoms with Crippen molar-refractivity contribution in [3.63, 3.8) is 0 Å². The Kier molecular flexibility index (Phi) is 4.17. The minimum Gasteiger partial charge on any atom is -0.358 e. The molecule has 0 aliphatic heterocycles. The van der Waals surface area contributed by atoms with Crippen molar-refractivity contribution in [1.29, 1.82) is 0 Å². The highest BCUT2D eigenvalue weighted by Gasteiger charge is 2.11. The molecule has 106 valence electrons. The van der Waals surface area contributed by atoms with Gasteiger partial charge in [-0.25, -0.2) is 9.97 Å². The molecule has 21 heavy (non-hydrogen) atoms. The summed E-state index contributed by atoms with van der Waals surface area (Å²) in [5.41, 5.74) is 1.17. The van der Waals surface area contributed by atoms with Crippen LogP contribution in [-0.4, -0.2) is 28.7 Å². The van der Waals surface area contributed by atoms with Crippen LogP contribution in [0.4, 0.5) is 0 Å². The lowest BCUT2D eigenvalue weighted by molar-refractivity contribution is -0.118. The first-order valence-electron chi connectivity index (χ1n) is 6.41. The van der Waals surface area contributed by atoms with Crippen LogP contribution in [0.15, 0.2) is 47.8 Å². The number of carbonyl (C=O) groups is 1. The Morgan fingerprint density at radius 3 is 2.86 bits per heavy atom. The van der Waals surface area contributed by atoms with Crippen molar-refractivity contribution < 1.29 is 4.79 Å². The molecule has 2 heterocycles. The number of thiophene rings is 1. The van der Waals surface area contributed by atoms with Gasteiger partial charge in [-0.1, -0.05) is 42.1 Å². The van der Waals surface area contributed by atoms with Crippen LogP contribution in [0.3, 0.4) is 0 Å². The zero-order valence-electron chi connectivity index (χ0n) is 11.4. The normalized spacial score (nSPS) is 10.7. The predicted molar refractivity (Wildman–Crippen MR) is 87.6 cm³/mol. The summed E-state index contributed by atoms with van der Waals surface area (Å²) < 4.78 is 0. The molecule has 1 N–H and O–H groups in total. The Balaban J connectivity index is 1.96. The second-order valence-electron chi connectivity index (χ2n) is 4.34. The van der Waals surface area contributed by atoms with Crippen molar-refractivity contribution in [3.05, 3.63) is 42.7 Å². The number of hydrogen-bond donors (Lipinski definition) is 1. The van der Waals surface area contributed by atoms with E-state index in [9.17, 15) is 4.79 Å². The lowest BCUT2D eigenvalue weighted by atomic mass is 10.2. The van der Waals surface area contributed by atoms with Crippen LogP contribution in [0.25, 0.3) is 20.7 Å². The van der Waals surface area contributed by atoms with E-state index in [-0.39, 0.29) is 5.91 Å².